The van der Waals surface area contributed by atoms with E-state index < -0.39 is 10.6 Å². The lowest BCUT2D eigenvalue weighted by atomic mass is 9.76. The zero-order chi connectivity index (χ0) is 20.4. The zero-order valence-electron chi connectivity index (χ0n) is 16.4. The molecule has 4 rings (SSSR count). The molecule has 0 fully saturated rings. The van der Waals surface area contributed by atoms with Crippen LogP contribution in [0.25, 0.3) is 6.08 Å². The molecule has 1 unspecified atom stereocenters. The number of nitrogens with zero attached hydrogens (tertiary/aromatic N) is 2. The third kappa shape index (κ3) is 2.25. The summed E-state index contributed by atoms with van der Waals surface area (Å²) in [5.74, 6) is 0.830. The minimum absolute atomic E-state index is 0.0576. The standard InChI is InChI=1S/C21H21BrN2O4/c1-12-6-7-14-15(10-12)23(4)21(20(14,2)3)9-8-13-18(22)16(24(25)26)11-17(27-5)19(13)28-21/h6-11H,1-5H3. The smallest absolute Gasteiger partial charge is 0.288 e. The Balaban J connectivity index is 1.93. The maximum atomic E-state index is 11.4. The van der Waals surface area contributed by atoms with Crippen molar-refractivity contribution in [3.63, 3.8) is 0 Å². The molecule has 0 aromatic heterocycles. The number of halogens is 1. The van der Waals surface area contributed by atoms with Crippen LogP contribution in [0, 0.1) is 17.0 Å². The van der Waals surface area contributed by atoms with Gasteiger partial charge in [-0.1, -0.05) is 12.1 Å². The van der Waals surface area contributed by atoms with E-state index in [1.807, 2.05) is 19.2 Å². The van der Waals surface area contributed by atoms with E-state index in [-0.39, 0.29) is 11.1 Å². The van der Waals surface area contributed by atoms with Crippen molar-refractivity contribution < 1.29 is 14.4 Å². The molecular formula is C21H21BrN2O4. The second kappa shape index (κ2) is 5.98. The fraction of sp³-hybridized carbons (Fsp3) is 0.333. The number of ether oxygens (including phenoxy) is 2. The van der Waals surface area contributed by atoms with Crippen LogP contribution in [-0.2, 0) is 5.41 Å². The minimum Gasteiger partial charge on any atom is -0.493 e. The van der Waals surface area contributed by atoms with Gasteiger partial charge in [0.25, 0.3) is 5.69 Å². The summed E-state index contributed by atoms with van der Waals surface area (Å²) in [5.41, 5.74) is 2.88. The first-order chi connectivity index (χ1) is 13.1. The molecular weight excluding hydrogens is 424 g/mol. The predicted molar refractivity (Wildman–Crippen MR) is 112 cm³/mol. The van der Waals surface area contributed by atoms with Crippen molar-refractivity contribution in [3.8, 4) is 11.5 Å². The Labute approximate surface area is 172 Å². The lowest BCUT2D eigenvalue weighted by molar-refractivity contribution is -0.385. The van der Waals surface area contributed by atoms with Crippen LogP contribution in [0.2, 0.25) is 0 Å². The molecule has 0 N–H and O–H groups in total. The van der Waals surface area contributed by atoms with Crippen LogP contribution in [0.15, 0.2) is 34.8 Å². The van der Waals surface area contributed by atoms with Gasteiger partial charge in [-0.25, -0.2) is 0 Å². The van der Waals surface area contributed by atoms with Gasteiger partial charge in [0.1, 0.15) is 4.47 Å². The number of benzene rings is 2. The van der Waals surface area contributed by atoms with Crippen LogP contribution in [0.5, 0.6) is 11.5 Å². The number of hydrogen-bond donors (Lipinski definition) is 0. The summed E-state index contributed by atoms with van der Waals surface area (Å²) in [7, 11) is 3.50. The van der Waals surface area contributed by atoms with Crippen LogP contribution in [-0.4, -0.2) is 24.8 Å². The fourth-order valence-corrected chi connectivity index (χ4v) is 4.87. The Hall–Kier alpha value is -2.54. The molecule has 0 saturated carbocycles. The van der Waals surface area contributed by atoms with Crippen LogP contribution in [0.3, 0.4) is 0 Å². The third-order valence-corrected chi connectivity index (χ3v) is 6.76. The largest absolute Gasteiger partial charge is 0.493 e. The number of nitro groups is 1. The first-order valence-electron chi connectivity index (χ1n) is 8.92. The number of nitro benzene ring substituents is 1. The van der Waals surface area contributed by atoms with Crippen molar-refractivity contribution in [1.29, 1.82) is 0 Å². The molecule has 0 aliphatic carbocycles. The lowest BCUT2D eigenvalue weighted by Gasteiger charge is -2.46. The first kappa shape index (κ1) is 18.8. The summed E-state index contributed by atoms with van der Waals surface area (Å²) in [6.45, 7) is 6.36. The van der Waals surface area contributed by atoms with Crippen molar-refractivity contribution in [2.75, 3.05) is 19.1 Å². The summed E-state index contributed by atoms with van der Waals surface area (Å²) in [4.78, 5) is 13.1. The monoisotopic (exact) mass is 444 g/mol. The highest BCUT2D eigenvalue weighted by Gasteiger charge is 2.58. The molecule has 1 spiro atoms. The number of aryl methyl sites for hydroxylation is 1. The van der Waals surface area contributed by atoms with Gasteiger partial charge in [-0.05, 0) is 66.0 Å². The van der Waals surface area contributed by atoms with E-state index in [0.29, 0.717) is 21.5 Å². The molecule has 146 valence electrons. The number of anilines is 1. The SMILES string of the molecule is COc1cc([N+](=O)[O-])c(Br)c2c1OC1(C=C2)N(C)c2cc(C)ccc2C1(C)C. The van der Waals surface area contributed by atoms with E-state index in [4.69, 9.17) is 9.47 Å². The second-order valence-electron chi connectivity index (χ2n) is 7.75. The van der Waals surface area contributed by atoms with Gasteiger partial charge >= 0.3 is 0 Å². The minimum atomic E-state index is -0.779. The van der Waals surface area contributed by atoms with Crippen LogP contribution in [0.1, 0.15) is 30.5 Å². The van der Waals surface area contributed by atoms with E-state index in [9.17, 15) is 10.1 Å². The third-order valence-electron chi connectivity index (χ3n) is 5.93. The van der Waals surface area contributed by atoms with Crippen molar-refractivity contribution in [1.82, 2.24) is 0 Å². The van der Waals surface area contributed by atoms with Gasteiger partial charge < -0.3 is 14.4 Å². The average Bonchev–Trinajstić information content (AvgIpc) is 2.80. The second-order valence-corrected chi connectivity index (χ2v) is 8.54. The van der Waals surface area contributed by atoms with Gasteiger partial charge in [0.05, 0.1) is 23.5 Å². The van der Waals surface area contributed by atoms with E-state index >= 15 is 0 Å². The Morgan fingerprint density at radius 2 is 2.00 bits per heavy atom. The summed E-state index contributed by atoms with van der Waals surface area (Å²) >= 11 is 3.37. The summed E-state index contributed by atoms with van der Waals surface area (Å²) in [6.07, 6.45) is 3.87. The maximum Gasteiger partial charge on any atom is 0.288 e. The Morgan fingerprint density at radius 1 is 1.29 bits per heavy atom. The van der Waals surface area contributed by atoms with Crippen LogP contribution >= 0.6 is 15.9 Å². The number of hydrogen-bond acceptors (Lipinski definition) is 5. The fourth-order valence-electron chi connectivity index (χ4n) is 4.30. The van der Waals surface area contributed by atoms with Gasteiger partial charge in [-0.2, -0.15) is 0 Å². The topological polar surface area (TPSA) is 64.8 Å². The normalized spacial score (nSPS) is 21.3. The summed E-state index contributed by atoms with van der Waals surface area (Å²) in [6, 6.07) is 7.80. The molecule has 28 heavy (non-hydrogen) atoms. The molecule has 0 bridgehead atoms. The van der Waals surface area contributed by atoms with Crippen molar-refractivity contribution in [2.24, 2.45) is 0 Å². The number of likely N-dealkylation sites (N-methyl/N-ethyl adjacent to an activating group) is 1. The van der Waals surface area contributed by atoms with Gasteiger partial charge in [0.15, 0.2) is 11.5 Å². The van der Waals surface area contributed by atoms with E-state index in [1.165, 1.54) is 24.3 Å². The highest BCUT2D eigenvalue weighted by molar-refractivity contribution is 9.10. The number of fused-ring (bicyclic) bond motifs is 2. The van der Waals surface area contributed by atoms with Gasteiger partial charge in [-0.15, -0.1) is 0 Å². The highest BCUT2D eigenvalue weighted by atomic mass is 79.9. The van der Waals surface area contributed by atoms with Crippen molar-refractivity contribution in [2.45, 2.75) is 31.9 Å². The molecule has 2 heterocycles. The van der Waals surface area contributed by atoms with Gasteiger partial charge in [0, 0.05) is 18.3 Å². The molecule has 1 atom stereocenters. The zero-order valence-corrected chi connectivity index (χ0v) is 18.0. The molecule has 0 amide bonds. The molecule has 7 heteroatoms. The first-order valence-corrected chi connectivity index (χ1v) is 9.71. The molecule has 2 aliphatic heterocycles. The molecule has 2 aromatic carbocycles. The van der Waals surface area contributed by atoms with E-state index in [2.05, 4.69) is 59.8 Å². The molecule has 6 nitrogen and oxygen atoms in total. The lowest BCUT2D eigenvalue weighted by Crippen LogP contribution is -2.58. The van der Waals surface area contributed by atoms with E-state index in [1.54, 1.807) is 0 Å². The van der Waals surface area contributed by atoms with Crippen LogP contribution < -0.4 is 14.4 Å². The quantitative estimate of drug-likeness (QED) is 0.470. The molecule has 0 radical (unpaired) electrons. The summed E-state index contributed by atoms with van der Waals surface area (Å²) in [5, 5.41) is 11.4. The molecule has 2 aromatic rings. The Bertz CT molecular complexity index is 1050. The number of methoxy groups -OCH3 is 1. The van der Waals surface area contributed by atoms with E-state index in [0.717, 1.165) is 5.69 Å². The average molecular weight is 445 g/mol. The predicted octanol–water partition coefficient (Wildman–Crippen LogP) is 5.20. The van der Waals surface area contributed by atoms with Crippen molar-refractivity contribution >= 4 is 33.4 Å². The Kier molecular flexibility index (Phi) is 4.01. The molecule has 2 aliphatic rings. The summed E-state index contributed by atoms with van der Waals surface area (Å²) < 4.78 is 12.5. The van der Waals surface area contributed by atoms with Crippen molar-refractivity contribution in [3.05, 3.63) is 61.6 Å². The van der Waals surface area contributed by atoms with Gasteiger partial charge in [-0.3, -0.25) is 10.1 Å². The molecule has 0 saturated heterocycles. The number of rotatable bonds is 2. The highest BCUT2D eigenvalue weighted by Crippen LogP contribution is 2.57. The Morgan fingerprint density at radius 3 is 2.64 bits per heavy atom. The van der Waals surface area contributed by atoms with Crippen LogP contribution in [0.4, 0.5) is 11.4 Å². The maximum absolute atomic E-state index is 11.4. The van der Waals surface area contributed by atoms with Gasteiger partial charge in [0.2, 0.25) is 5.72 Å².